The van der Waals surface area contributed by atoms with Crippen molar-refractivity contribution in [2.75, 3.05) is 12.0 Å². The lowest BCUT2D eigenvalue weighted by molar-refractivity contribution is -0.127. The lowest BCUT2D eigenvalue weighted by Gasteiger charge is -2.33. The molecule has 1 fully saturated rings. The van der Waals surface area contributed by atoms with Crippen molar-refractivity contribution in [1.82, 2.24) is 20.3 Å². The summed E-state index contributed by atoms with van der Waals surface area (Å²) in [5.74, 6) is 0.143. The number of ether oxygens (including phenoxy) is 1. The lowest BCUT2D eigenvalue weighted by atomic mass is 9.94. The van der Waals surface area contributed by atoms with Crippen LogP contribution in [-0.4, -0.2) is 40.0 Å². The smallest absolute Gasteiger partial charge is 0.249 e. The molecule has 1 N–H and O–H groups in total. The minimum atomic E-state index is -0.887. The topological polar surface area (TPSA) is 89.4 Å². The first-order valence-electron chi connectivity index (χ1n) is 12.7. The second-order valence-electron chi connectivity index (χ2n) is 9.36. The van der Waals surface area contributed by atoms with E-state index in [1.54, 1.807) is 16.7 Å². The predicted molar refractivity (Wildman–Crippen MR) is 142 cm³/mol. The lowest BCUT2D eigenvalue weighted by Crippen LogP contribution is -2.48. The predicted octanol–water partition coefficient (Wildman–Crippen LogP) is 4.66. The van der Waals surface area contributed by atoms with Gasteiger partial charge in [-0.05, 0) is 54.8 Å². The Morgan fingerprint density at radius 1 is 1.00 bits per heavy atom. The van der Waals surface area contributed by atoms with Crippen LogP contribution < -0.4 is 15.0 Å². The summed E-state index contributed by atoms with van der Waals surface area (Å²) in [5.41, 5.74) is 2.77. The molecule has 1 heterocycles. The van der Waals surface area contributed by atoms with E-state index in [9.17, 15) is 9.59 Å². The number of rotatable bonds is 8. The number of nitrogens with zero attached hydrogens (tertiary/aromatic N) is 4. The highest BCUT2D eigenvalue weighted by Gasteiger charge is 2.34. The maximum absolute atomic E-state index is 14.0. The van der Waals surface area contributed by atoms with E-state index in [1.807, 2.05) is 78.9 Å². The van der Waals surface area contributed by atoms with Gasteiger partial charge in [0.05, 0.1) is 12.6 Å². The Hall–Kier alpha value is -4.20. The molecular weight excluding hydrogens is 466 g/mol. The average Bonchev–Trinajstić information content (AvgIpc) is 3.35. The highest BCUT2D eigenvalue weighted by atomic mass is 16.5. The first-order valence-corrected chi connectivity index (χ1v) is 12.7. The van der Waals surface area contributed by atoms with Gasteiger partial charge in [-0.1, -0.05) is 66.9 Å². The van der Waals surface area contributed by atoms with Crippen LogP contribution in [0.4, 0.5) is 5.69 Å². The minimum absolute atomic E-state index is 0.0629. The number of hydrogen-bond donors (Lipinski definition) is 1. The molecule has 1 atom stereocenters. The molecule has 0 unspecified atom stereocenters. The largest absolute Gasteiger partial charge is 0.497 e. The molecule has 190 valence electrons. The van der Waals surface area contributed by atoms with Crippen molar-refractivity contribution in [3.8, 4) is 5.75 Å². The highest BCUT2D eigenvalue weighted by Crippen LogP contribution is 2.31. The monoisotopic (exact) mass is 497 g/mol. The van der Waals surface area contributed by atoms with Crippen LogP contribution in [0.3, 0.4) is 0 Å². The second kappa shape index (κ2) is 11.2. The summed E-state index contributed by atoms with van der Waals surface area (Å²) in [7, 11) is 1.59. The third-order valence-electron chi connectivity index (χ3n) is 6.88. The summed E-state index contributed by atoms with van der Waals surface area (Å²) in [6.07, 6.45) is 5.26. The van der Waals surface area contributed by atoms with Crippen molar-refractivity contribution in [3.63, 3.8) is 0 Å². The Bertz CT molecular complexity index is 1360. The zero-order valence-electron chi connectivity index (χ0n) is 20.9. The van der Waals surface area contributed by atoms with Gasteiger partial charge in [0.25, 0.3) is 0 Å². The molecule has 0 radical (unpaired) electrons. The minimum Gasteiger partial charge on any atom is -0.497 e. The van der Waals surface area contributed by atoms with Crippen LogP contribution in [-0.2, 0) is 16.1 Å². The Morgan fingerprint density at radius 3 is 2.54 bits per heavy atom. The molecule has 1 aromatic heterocycles. The van der Waals surface area contributed by atoms with E-state index in [4.69, 9.17) is 4.74 Å². The van der Waals surface area contributed by atoms with E-state index in [0.717, 1.165) is 31.2 Å². The van der Waals surface area contributed by atoms with Crippen LogP contribution in [0.1, 0.15) is 43.7 Å². The van der Waals surface area contributed by atoms with Gasteiger partial charge in [-0.3, -0.25) is 14.5 Å². The number of nitrogens with one attached hydrogen (secondary N) is 1. The molecule has 0 saturated heterocycles. The molecule has 3 aromatic carbocycles. The molecule has 0 bridgehead atoms. The number of amides is 2. The van der Waals surface area contributed by atoms with Crippen LogP contribution in [0.15, 0.2) is 78.9 Å². The first kappa shape index (κ1) is 24.5. The molecule has 37 heavy (non-hydrogen) atoms. The molecule has 4 aromatic rings. The quantitative estimate of drug-likeness (QED) is 0.382. The number of carbonyl (C=O) groups excluding carboxylic acids is 2. The van der Waals surface area contributed by atoms with Gasteiger partial charge in [0.15, 0.2) is 0 Å². The van der Waals surface area contributed by atoms with Crippen LogP contribution >= 0.6 is 0 Å². The summed E-state index contributed by atoms with van der Waals surface area (Å²) in [4.78, 5) is 29.6. The summed E-state index contributed by atoms with van der Waals surface area (Å²) in [6.45, 7) is -0.0629. The normalized spacial score (nSPS) is 14.7. The molecule has 8 nitrogen and oxygen atoms in total. The third kappa shape index (κ3) is 5.48. The van der Waals surface area contributed by atoms with Crippen molar-refractivity contribution in [3.05, 3.63) is 84.4 Å². The number of methoxy groups -OCH3 is 1. The average molecular weight is 498 g/mol. The summed E-state index contributed by atoms with van der Waals surface area (Å²) in [6, 6.07) is 23.4. The van der Waals surface area contributed by atoms with Crippen molar-refractivity contribution in [2.45, 2.75) is 50.7 Å². The van der Waals surface area contributed by atoms with Gasteiger partial charge >= 0.3 is 0 Å². The number of para-hydroxylation sites is 2. The molecule has 1 saturated carbocycles. The van der Waals surface area contributed by atoms with Gasteiger partial charge in [0.1, 0.15) is 23.9 Å². The van der Waals surface area contributed by atoms with Crippen LogP contribution in [0.2, 0.25) is 0 Å². The number of carbonyl (C=O) groups is 2. The zero-order valence-corrected chi connectivity index (χ0v) is 20.9. The van der Waals surface area contributed by atoms with Gasteiger partial charge in [-0.2, -0.15) is 0 Å². The standard InChI is InChI=1S/C29H31N5O3/c1-37-24-16-10-11-21(19-24)28(29(36)30-22-12-4-2-5-13-22)34(23-14-6-3-7-15-23)27(35)20-33-26-18-9-8-17-25(26)31-32-33/h3,6-11,14-19,22,28H,2,4-5,12-13,20H2,1H3,(H,30,36)/t28-/m0/s1. The molecule has 1 aliphatic carbocycles. The maximum Gasteiger partial charge on any atom is 0.249 e. The fraction of sp³-hybridized carbons (Fsp3) is 0.310. The number of hydrogen-bond acceptors (Lipinski definition) is 5. The summed E-state index contributed by atoms with van der Waals surface area (Å²) in [5, 5.41) is 11.6. The van der Waals surface area contributed by atoms with E-state index in [-0.39, 0.29) is 24.4 Å². The molecule has 2 amide bonds. The van der Waals surface area contributed by atoms with Gasteiger partial charge in [-0.25, -0.2) is 4.68 Å². The van der Waals surface area contributed by atoms with Crippen LogP contribution in [0.25, 0.3) is 11.0 Å². The SMILES string of the molecule is COc1cccc([C@@H](C(=O)NC2CCCCC2)N(C(=O)Cn2nnc3ccccc32)c2ccccc2)c1. The number of benzene rings is 3. The fourth-order valence-electron chi connectivity index (χ4n) is 5.02. The van der Waals surface area contributed by atoms with E-state index in [0.29, 0.717) is 22.5 Å². The molecule has 0 spiro atoms. The van der Waals surface area contributed by atoms with Crippen molar-refractivity contribution in [1.29, 1.82) is 0 Å². The second-order valence-corrected chi connectivity index (χ2v) is 9.36. The summed E-state index contributed by atoms with van der Waals surface area (Å²) >= 11 is 0. The van der Waals surface area contributed by atoms with E-state index in [2.05, 4.69) is 15.6 Å². The molecule has 1 aliphatic rings. The molecule has 8 heteroatoms. The first-order chi connectivity index (χ1) is 18.1. The van der Waals surface area contributed by atoms with Gasteiger partial charge < -0.3 is 10.1 Å². The van der Waals surface area contributed by atoms with Gasteiger partial charge in [-0.15, -0.1) is 5.10 Å². The third-order valence-corrected chi connectivity index (χ3v) is 6.88. The highest BCUT2D eigenvalue weighted by molar-refractivity contribution is 6.01. The Balaban J connectivity index is 1.55. The van der Waals surface area contributed by atoms with Crippen LogP contribution in [0, 0.1) is 0 Å². The maximum atomic E-state index is 14.0. The number of anilines is 1. The molecule has 5 rings (SSSR count). The summed E-state index contributed by atoms with van der Waals surface area (Å²) < 4.78 is 7.04. The Labute approximate surface area is 216 Å². The van der Waals surface area contributed by atoms with Gasteiger partial charge in [0.2, 0.25) is 11.8 Å². The van der Waals surface area contributed by atoms with E-state index >= 15 is 0 Å². The zero-order chi connectivity index (χ0) is 25.6. The molecule has 0 aliphatic heterocycles. The fourth-order valence-corrected chi connectivity index (χ4v) is 5.02. The van der Waals surface area contributed by atoms with E-state index < -0.39 is 6.04 Å². The number of aromatic nitrogens is 3. The molecular formula is C29H31N5O3. The van der Waals surface area contributed by atoms with Gasteiger partial charge in [0, 0.05) is 11.7 Å². The number of fused-ring (bicyclic) bond motifs is 1. The van der Waals surface area contributed by atoms with Crippen molar-refractivity contribution >= 4 is 28.5 Å². The van der Waals surface area contributed by atoms with E-state index in [1.165, 1.54) is 6.42 Å². The van der Waals surface area contributed by atoms with Crippen molar-refractivity contribution < 1.29 is 14.3 Å². The Morgan fingerprint density at radius 2 is 1.76 bits per heavy atom. The van der Waals surface area contributed by atoms with Crippen LogP contribution in [0.5, 0.6) is 5.75 Å². The Kier molecular flexibility index (Phi) is 7.44. The van der Waals surface area contributed by atoms with Crippen molar-refractivity contribution in [2.24, 2.45) is 0 Å².